The Balaban J connectivity index is 1.98. The Morgan fingerprint density at radius 1 is 1.18 bits per heavy atom. The Bertz CT molecular complexity index is 695. The molecule has 0 N–H and O–H groups in total. The third-order valence-corrected chi connectivity index (χ3v) is 6.12. The number of benzene rings is 1. The van der Waals surface area contributed by atoms with Crippen molar-refractivity contribution in [1.82, 2.24) is 4.31 Å². The van der Waals surface area contributed by atoms with Gasteiger partial charge in [0, 0.05) is 20.1 Å². The number of carbonyl (C=O) groups excluding carboxylic acids is 1. The molecule has 1 saturated heterocycles. The number of hydrogen-bond donors (Lipinski definition) is 0. The number of fused-ring (bicyclic) bond motifs is 1. The first-order chi connectivity index (χ1) is 10.4. The van der Waals surface area contributed by atoms with Crippen molar-refractivity contribution in [3.05, 3.63) is 18.2 Å². The molecule has 1 aromatic carbocycles. The number of hydrogen-bond acceptors (Lipinski definition) is 4. The molecule has 0 saturated carbocycles. The summed E-state index contributed by atoms with van der Waals surface area (Å²) in [5, 5.41) is 0. The Labute approximate surface area is 130 Å². The molecule has 22 heavy (non-hydrogen) atoms. The van der Waals surface area contributed by atoms with Crippen LogP contribution in [0.1, 0.15) is 26.2 Å². The number of piperidine rings is 1. The van der Waals surface area contributed by atoms with Gasteiger partial charge in [-0.15, -0.1) is 0 Å². The fourth-order valence-corrected chi connectivity index (χ4v) is 4.44. The van der Waals surface area contributed by atoms with Crippen molar-refractivity contribution in [3.63, 3.8) is 0 Å². The molecule has 1 fully saturated rings. The molecule has 0 aliphatic carbocycles. The molecule has 1 aromatic rings. The number of rotatable bonds is 2. The fourth-order valence-electron chi connectivity index (χ4n) is 2.91. The van der Waals surface area contributed by atoms with Crippen LogP contribution in [0.5, 0.6) is 5.75 Å². The zero-order chi connectivity index (χ0) is 15.9. The lowest BCUT2D eigenvalue weighted by Gasteiger charge is -2.31. The van der Waals surface area contributed by atoms with Gasteiger partial charge in [0.2, 0.25) is 10.0 Å². The van der Waals surface area contributed by atoms with Crippen LogP contribution >= 0.6 is 0 Å². The third-order valence-electron chi connectivity index (χ3n) is 4.23. The minimum absolute atomic E-state index is 0.181. The molecule has 2 aliphatic rings. The van der Waals surface area contributed by atoms with Crippen molar-refractivity contribution in [3.8, 4) is 5.75 Å². The second kappa shape index (κ2) is 5.55. The summed E-state index contributed by atoms with van der Waals surface area (Å²) in [6, 6.07) is 4.72. The molecule has 7 heteroatoms. The van der Waals surface area contributed by atoms with E-state index in [0.717, 1.165) is 19.3 Å². The van der Waals surface area contributed by atoms with Gasteiger partial charge in [0.15, 0.2) is 6.10 Å². The minimum atomic E-state index is -3.51. The molecular formula is C15H20N2O4S. The highest BCUT2D eigenvalue weighted by Gasteiger charge is 2.32. The van der Waals surface area contributed by atoms with Gasteiger partial charge in [0.1, 0.15) is 5.75 Å². The highest BCUT2D eigenvalue weighted by molar-refractivity contribution is 7.89. The van der Waals surface area contributed by atoms with E-state index in [1.807, 2.05) is 0 Å². The van der Waals surface area contributed by atoms with Crippen LogP contribution in [0.3, 0.4) is 0 Å². The number of amides is 1. The zero-order valence-corrected chi connectivity index (χ0v) is 13.6. The van der Waals surface area contributed by atoms with Crippen LogP contribution in [0.4, 0.5) is 5.69 Å². The van der Waals surface area contributed by atoms with E-state index < -0.39 is 16.1 Å². The quantitative estimate of drug-likeness (QED) is 0.829. The van der Waals surface area contributed by atoms with E-state index in [4.69, 9.17) is 4.74 Å². The molecule has 0 aromatic heterocycles. The summed E-state index contributed by atoms with van der Waals surface area (Å²) in [7, 11) is -1.87. The smallest absolute Gasteiger partial charge is 0.267 e. The second-order valence-electron chi connectivity index (χ2n) is 5.75. The van der Waals surface area contributed by atoms with Crippen LogP contribution < -0.4 is 9.64 Å². The van der Waals surface area contributed by atoms with Crippen LogP contribution in [-0.2, 0) is 14.8 Å². The number of ether oxygens (including phenoxy) is 1. The summed E-state index contributed by atoms with van der Waals surface area (Å²) in [5.41, 5.74) is 0.501. The lowest BCUT2D eigenvalue weighted by atomic mass is 10.2. The van der Waals surface area contributed by atoms with Gasteiger partial charge in [0.05, 0.1) is 10.6 Å². The predicted molar refractivity (Wildman–Crippen MR) is 82.6 cm³/mol. The van der Waals surface area contributed by atoms with Gasteiger partial charge < -0.3 is 9.64 Å². The standard InChI is InChI=1S/C15H20N2O4S/c1-11-15(18)16(2)13-10-12(6-7-14(13)21-11)22(19,20)17-8-4-3-5-9-17/h6-7,10-11H,3-5,8-9H2,1-2H3. The van der Waals surface area contributed by atoms with Crippen molar-refractivity contribution in [2.45, 2.75) is 37.2 Å². The minimum Gasteiger partial charge on any atom is -0.479 e. The van der Waals surface area contributed by atoms with Crippen LogP contribution in [0.15, 0.2) is 23.1 Å². The van der Waals surface area contributed by atoms with Crippen molar-refractivity contribution in [1.29, 1.82) is 0 Å². The van der Waals surface area contributed by atoms with Crippen LogP contribution in [-0.4, -0.2) is 44.9 Å². The summed E-state index contributed by atoms with van der Waals surface area (Å²) in [5.74, 6) is 0.354. The second-order valence-corrected chi connectivity index (χ2v) is 7.69. The predicted octanol–water partition coefficient (Wildman–Crippen LogP) is 1.60. The monoisotopic (exact) mass is 324 g/mol. The van der Waals surface area contributed by atoms with Gasteiger partial charge in [-0.05, 0) is 38.0 Å². The van der Waals surface area contributed by atoms with E-state index in [1.54, 1.807) is 26.1 Å². The number of likely N-dealkylation sites (N-methyl/N-ethyl adjacent to an activating group) is 1. The van der Waals surface area contributed by atoms with Crippen molar-refractivity contribution in [2.24, 2.45) is 0 Å². The molecule has 1 atom stereocenters. The Morgan fingerprint density at radius 2 is 1.86 bits per heavy atom. The molecule has 2 heterocycles. The Kier molecular flexibility index (Phi) is 3.86. The van der Waals surface area contributed by atoms with Crippen molar-refractivity contribution < 1.29 is 17.9 Å². The highest BCUT2D eigenvalue weighted by Crippen LogP contribution is 2.36. The van der Waals surface area contributed by atoms with E-state index in [9.17, 15) is 13.2 Å². The number of sulfonamides is 1. The van der Waals surface area contributed by atoms with Crippen LogP contribution in [0.2, 0.25) is 0 Å². The first kappa shape index (κ1) is 15.3. The largest absolute Gasteiger partial charge is 0.479 e. The molecular weight excluding hydrogens is 304 g/mol. The maximum Gasteiger partial charge on any atom is 0.267 e. The molecule has 1 amide bonds. The van der Waals surface area contributed by atoms with Gasteiger partial charge in [-0.2, -0.15) is 4.31 Å². The summed E-state index contributed by atoms with van der Waals surface area (Å²) >= 11 is 0. The fraction of sp³-hybridized carbons (Fsp3) is 0.533. The molecule has 1 unspecified atom stereocenters. The zero-order valence-electron chi connectivity index (χ0n) is 12.8. The lowest BCUT2D eigenvalue weighted by Crippen LogP contribution is -2.42. The normalized spacial score (nSPS) is 23.1. The SMILES string of the molecule is CC1Oc2ccc(S(=O)(=O)N3CCCCC3)cc2N(C)C1=O. The van der Waals surface area contributed by atoms with Gasteiger partial charge in [0.25, 0.3) is 5.91 Å². The van der Waals surface area contributed by atoms with Gasteiger partial charge in [-0.1, -0.05) is 6.42 Å². The van der Waals surface area contributed by atoms with Gasteiger partial charge in [-0.3, -0.25) is 4.79 Å². The number of anilines is 1. The van der Waals surface area contributed by atoms with Crippen molar-refractivity contribution in [2.75, 3.05) is 25.0 Å². The molecule has 0 spiro atoms. The third kappa shape index (κ3) is 2.48. The Hall–Kier alpha value is -1.60. The van der Waals surface area contributed by atoms with E-state index in [-0.39, 0.29) is 10.8 Å². The number of carbonyl (C=O) groups is 1. The first-order valence-electron chi connectivity index (χ1n) is 7.49. The maximum absolute atomic E-state index is 12.7. The van der Waals surface area contributed by atoms with Gasteiger partial charge >= 0.3 is 0 Å². The molecule has 6 nitrogen and oxygen atoms in total. The van der Waals surface area contributed by atoms with E-state index in [2.05, 4.69) is 0 Å². The van der Waals surface area contributed by atoms with Crippen LogP contribution in [0, 0.1) is 0 Å². The summed E-state index contributed by atoms with van der Waals surface area (Å²) in [4.78, 5) is 13.7. The molecule has 2 aliphatic heterocycles. The molecule has 3 rings (SSSR count). The van der Waals surface area contributed by atoms with E-state index >= 15 is 0 Å². The van der Waals surface area contributed by atoms with E-state index in [0.29, 0.717) is 24.5 Å². The average Bonchev–Trinajstić information content (AvgIpc) is 2.53. The summed E-state index contributed by atoms with van der Waals surface area (Å²) in [6.07, 6.45) is 2.30. The Morgan fingerprint density at radius 3 is 2.55 bits per heavy atom. The van der Waals surface area contributed by atoms with Crippen LogP contribution in [0.25, 0.3) is 0 Å². The molecule has 0 radical (unpaired) electrons. The maximum atomic E-state index is 12.7. The lowest BCUT2D eigenvalue weighted by molar-refractivity contribution is -0.125. The topological polar surface area (TPSA) is 66.9 Å². The van der Waals surface area contributed by atoms with Gasteiger partial charge in [-0.25, -0.2) is 8.42 Å². The highest BCUT2D eigenvalue weighted by atomic mass is 32.2. The van der Waals surface area contributed by atoms with Crippen molar-refractivity contribution >= 4 is 21.6 Å². The molecule has 0 bridgehead atoms. The molecule has 120 valence electrons. The average molecular weight is 324 g/mol. The summed E-state index contributed by atoms with van der Waals surface area (Å²) < 4.78 is 32.5. The summed E-state index contributed by atoms with van der Waals surface area (Å²) in [6.45, 7) is 2.80. The number of nitrogens with zero attached hydrogens (tertiary/aromatic N) is 2. The first-order valence-corrected chi connectivity index (χ1v) is 8.93. The van der Waals surface area contributed by atoms with E-state index in [1.165, 1.54) is 15.3 Å².